The molecule has 0 saturated carbocycles. The summed E-state index contributed by atoms with van der Waals surface area (Å²) in [5.41, 5.74) is 0.409. The molecule has 5 nitrogen and oxygen atoms in total. The lowest BCUT2D eigenvalue weighted by atomic mass is 10.3. The van der Waals surface area contributed by atoms with E-state index in [4.69, 9.17) is 5.11 Å². The van der Waals surface area contributed by atoms with Crippen LogP contribution in [0.3, 0.4) is 0 Å². The second kappa shape index (κ2) is 6.47. The molecule has 1 aromatic heterocycles. The van der Waals surface area contributed by atoms with E-state index in [9.17, 15) is 13.2 Å². The van der Waals surface area contributed by atoms with Crippen LogP contribution in [0.2, 0.25) is 0 Å². The average Bonchev–Trinajstić information content (AvgIpc) is 2.81. The van der Waals surface area contributed by atoms with Gasteiger partial charge in [0.05, 0.1) is 12.1 Å². The molecule has 0 atom stereocenters. The molecule has 1 heterocycles. The number of carboxylic acid groups (broad SMARTS) is 1. The quantitative estimate of drug-likeness (QED) is 0.721. The number of anilines is 1. The molecule has 0 aliphatic carbocycles. The van der Waals surface area contributed by atoms with Gasteiger partial charge < -0.3 is 5.11 Å². The fourth-order valence-electron chi connectivity index (χ4n) is 1.51. The molecule has 2 N–H and O–H groups in total. The van der Waals surface area contributed by atoms with Crippen molar-refractivity contribution in [3.8, 4) is 0 Å². The Morgan fingerprint density at radius 1 is 1.24 bits per heavy atom. The van der Waals surface area contributed by atoms with E-state index in [1.54, 1.807) is 18.2 Å². The van der Waals surface area contributed by atoms with Crippen LogP contribution in [0.25, 0.3) is 0 Å². The molecule has 2 rings (SSSR count). The van der Waals surface area contributed by atoms with E-state index in [0.29, 0.717) is 15.0 Å². The first-order chi connectivity index (χ1) is 9.78. The van der Waals surface area contributed by atoms with E-state index in [2.05, 4.69) is 36.6 Å². The molecule has 2 aromatic rings. The number of nitrogens with one attached hydrogen (secondary N) is 1. The third-order valence-electron chi connectivity index (χ3n) is 2.40. The molecule has 0 bridgehead atoms. The standard InChI is InChI=1S/C12H9Br2NO4S2/c13-7-1-3-10(9(14)5-7)15-21(18,19)12-4-2-8(20-12)6-11(16)17/h1-5,15H,6H2,(H,16,17). The van der Waals surface area contributed by atoms with Gasteiger partial charge in [-0.2, -0.15) is 0 Å². The van der Waals surface area contributed by atoms with Crippen molar-refractivity contribution in [1.82, 2.24) is 0 Å². The summed E-state index contributed by atoms with van der Waals surface area (Å²) in [4.78, 5) is 11.1. The van der Waals surface area contributed by atoms with Gasteiger partial charge in [-0.05, 0) is 46.3 Å². The minimum atomic E-state index is -3.73. The second-order valence-corrected chi connectivity index (χ2v) is 8.87. The Bertz CT molecular complexity index is 786. The molecular formula is C12H9Br2NO4S2. The molecular weight excluding hydrogens is 446 g/mol. The minimum Gasteiger partial charge on any atom is -0.481 e. The topological polar surface area (TPSA) is 83.5 Å². The fraction of sp³-hybridized carbons (Fsp3) is 0.0833. The summed E-state index contributed by atoms with van der Waals surface area (Å²) in [5, 5.41) is 8.71. The van der Waals surface area contributed by atoms with E-state index in [0.717, 1.165) is 15.8 Å². The smallest absolute Gasteiger partial charge is 0.308 e. The molecule has 0 fully saturated rings. The molecule has 0 unspecified atom stereocenters. The molecule has 0 radical (unpaired) electrons. The van der Waals surface area contributed by atoms with Crippen LogP contribution in [0, 0.1) is 0 Å². The van der Waals surface area contributed by atoms with Crippen molar-refractivity contribution in [1.29, 1.82) is 0 Å². The van der Waals surface area contributed by atoms with Gasteiger partial charge in [-0.1, -0.05) is 15.9 Å². The first kappa shape index (κ1) is 16.5. The lowest BCUT2D eigenvalue weighted by Crippen LogP contribution is -2.11. The fourth-order valence-corrected chi connectivity index (χ4v) is 5.22. The number of rotatable bonds is 5. The summed E-state index contributed by atoms with van der Waals surface area (Å²) in [6.07, 6.45) is -0.192. The Labute approximate surface area is 142 Å². The van der Waals surface area contributed by atoms with Gasteiger partial charge in [0.2, 0.25) is 0 Å². The Morgan fingerprint density at radius 2 is 1.95 bits per heavy atom. The van der Waals surface area contributed by atoms with Gasteiger partial charge in [-0.3, -0.25) is 9.52 Å². The third kappa shape index (κ3) is 4.29. The Kier molecular flexibility index (Phi) is 5.07. The SMILES string of the molecule is O=C(O)Cc1ccc(S(=O)(=O)Nc2ccc(Br)cc2Br)s1. The van der Waals surface area contributed by atoms with Crippen molar-refractivity contribution < 1.29 is 18.3 Å². The Hall–Kier alpha value is -0.900. The summed E-state index contributed by atoms with van der Waals surface area (Å²) in [5.74, 6) is -0.996. The number of sulfonamides is 1. The average molecular weight is 455 g/mol. The van der Waals surface area contributed by atoms with Crippen LogP contribution in [-0.4, -0.2) is 19.5 Å². The van der Waals surface area contributed by atoms with Crippen molar-refractivity contribution in [2.45, 2.75) is 10.6 Å². The molecule has 0 saturated heterocycles. The van der Waals surface area contributed by atoms with Gasteiger partial charge in [0.1, 0.15) is 4.21 Å². The normalized spacial score (nSPS) is 11.3. The van der Waals surface area contributed by atoms with E-state index < -0.39 is 16.0 Å². The number of aliphatic carboxylic acids is 1. The predicted molar refractivity (Wildman–Crippen MR) is 88.3 cm³/mol. The zero-order valence-corrected chi connectivity index (χ0v) is 15.1. The molecule has 9 heteroatoms. The van der Waals surface area contributed by atoms with Crippen molar-refractivity contribution in [2.24, 2.45) is 0 Å². The van der Waals surface area contributed by atoms with Gasteiger partial charge in [-0.15, -0.1) is 11.3 Å². The zero-order valence-electron chi connectivity index (χ0n) is 10.3. The highest BCUT2D eigenvalue weighted by molar-refractivity contribution is 9.11. The highest BCUT2D eigenvalue weighted by Gasteiger charge is 2.19. The highest BCUT2D eigenvalue weighted by Crippen LogP contribution is 2.30. The minimum absolute atomic E-state index is 0.0774. The van der Waals surface area contributed by atoms with Crippen molar-refractivity contribution >= 4 is 64.9 Å². The maximum Gasteiger partial charge on any atom is 0.308 e. The molecule has 0 spiro atoms. The summed E-state index contributed by atoms with van der Waals surface area (Å²) < 4.78 is 28.5. The van der Waals surface area contributed by atoms with Gasteiger partial charge >= 0.3 is 5.97 Å². The van der Waals surface area contributed by atoms with E-state index in [1.165, 1.54) is 12.1 Å². The molecule has 0 aliphatic heterocycles. The lowest BCUT2D eigenvalue weighted by molar-refractivity contribution is -0.136. The number of benzene rings is 1. The maximum absolute atomic E-state index is 12.3. The first-order valence-electron chi connectivity index (χ1n) is 5.56. The van der Waals surface area contributed by atoms with Gasteiger partial charge in [-0.25, -0.2) is 8.42 Å². The number of hydrogen-bond acceptors (Lipinski definition) is 4. The molecule has 112 valence electrons. The van der Waals surface area contributed by atoms with Gasteiger partial charge in [0.15, 0.2) is 0 Å². The number of carboxylic acids is 1. The van der Waals surface area contributed by atoms with E-state index in [-0.39, 0.29) is 10.6 Å². The van der Waals surface area contributed by atoms with Crippen LogP contribution in [0.1, 0.15) is 4.88 Å². The molecule has 0 amide bonds. The highest BCUT2D eigenvalue weighted by atomic mass is 79.9. The van der Waals surface area contributed by atoms with Crippen molar-refractivity contribution in [3.05, 3.63) is 44.2 Å². The van der Waals surface area contributed by atoms with Crippen LogP contribution in [-0.2, 0) is 21.2 Å². The van der Waals surface area contributed by atoms with Crippen LogP contribution in [0.4, 0.5) is 5.69 Å². The van der Waals surface area contributed by atoms with Crippen molar-refractivity contribution in [3.63, 3.8) is 0 Å². The molecule has 0 aliphatic rings. The summed E-state index contributed by atoms with van der Waals surface area (Å²) >= 11 is 7.51. The monoisotopic (exact) mass is 453 g/mol. The van der Waals surface area contributed by atoms with Crippen LogP contribution in [0.15, 0.2) is 43.5 Å². The Balaban J connectivity index is 2.25. The molecule has 21 heavy (non-hydrogen) atoms. The number of carbonyl (C=O) groups is 1. The summed E-state index contributed by atoms with van der Waals surface area (Å²) in [6, 6.07) is 7.97. The summed E-state index contributed by atoms with van der Waals surface area (Å²) in [6.45, 7) is 0. The van der Waals surface area contributed by atoms with Crippen LogP contribution in [0.5, 0.6) is 0 Å². The van der Waals surface area contributed by atoms with Crippen molar-refractivity contribution in [2.75, 3.05) is 4.72 Å². The predicted octanol–water partition coefficient (Wildman–Crippen LogP) is 3.70. The molecule has 1 aromatic carbocycles. The number of thiophene rings is 1. The first-order valence-corrected chi connectivity index (χ1v) is 9.45. The van der Waals surface area contributed by atoms with Crippen LogP contribution >= 0.6 is 43.2 Å². The van der Waals surface area contributed by atoms with Gasteiger partial charge in [0, 0.05) is 13.8 Å². The Morgan fingerprint density at radius 3 is 2.57 bits per heavy atom. The van der Waals surface area contributed by atoms with Gasteiger partial charge in [0.25, 0.3) is 10.0 Å². The third-order valence-corrected chi connectivity index (χ3v) is 6.49. The number of halogens is 2. The number of hydrogen-bond donors (Lipinski definition) is 2. The maximum atomic E-state index is 12.3. The van der Waals surface area contributed by atoms with E-state index >= 15 is 0 Å². The largest absolute Gasteiger partial charge is 0.481 e. The zero-order chi connectivity index (χ0) is 15.6. The van der Waals surface area contributed by atoms with E-state index in [1.807, 2.05) is 0 Å². The van der Waals surface area contributed by atoms with Crippen LogP contribution < -0.4 is 4.72 Å². The second-order valence-electron chi connectivity index (χ2n) is 4.02. The summed E-state index contributed by atoms with van der Waals surface area (Å²) in [7, 11) is -3.73. The lowest BCUT2D eigenvalue weighted by Gasteiger charge is -2.08.